The number of nitrogens with zero attached hydrogens (tertiary/aromatic N) is 2. The Morgan fingerprint density at radius 3 is 2.32 bits per heavy atom. The first-order chi connectivity index (χ1) is 9.13. The van der Waals surface area contributed by atoms with Crippen LogP contribution in [0.4, 0.5) is 0 Å². The molecule has 4 aliphatic carbocycles. The zero-order valence-electron chi connectivity index (χ0n) is 11.2. The van der Waals surface area contributed by atoms with Gasteiger partial charge in [0, 0.05) is 13.0 Å². The Morgan fingerprint density at radius 1 is 1.21 bits per heavy atom. The van der Waals surface area contributed by atoms with Crippen molar-refractivity contribution in [1.82, 2.24) is 9.55 Å². The van der Waals surface area contributed by atoms with E-state index in [4.69, 9.17) is 0 Å². The van der Waals surface area contributed by atoms with E-state index in [2.05, 4.69) is 4.98 Å². The minimum atomic E-state index is -0.830. The fraction of sp³-hybridized carbons (Fsp3) is 0.733. The number of imidazole rings is 1. The predicted molar refractivity (Wildman–Crippen MR) is 70.0 cm³/mol. The quantitative estimate of drug-likeness (QED) is 0.889. The first kappa shape index (κ1) is 11.5. The molecule has 0 unspecified atom stereocenters. The molecule has 1 aromatic heterocycles. The number of carboxylic acid groups (broad SMARTS) is 1. The largest absolute Gasteiger partial charge is 0.477 e. The molecule has 4 heteroatoms. The van der Waals surface area contributed by atoms with Crippen LogP contribution in [-0.2, 0) is 7.05 Å². The number of aromatic nitrogens is 2. The molecule has 0 saturated heterocycles. The molecule has 4 fully saturated rings. The molecule has 0 spiro atoms. The van der Waals surface area contributed by atoms with Crippen molar-refractivity contribution in [3.8, 4) is 0 Å². The molecule has 1 heterocycles. The van der Waals surface area contributed by atoms with Crippen molar-refractivity contribution >= 4 is 5.97 Å². The van der Waals surface area contributed by atoms with E-state index in [1.165, 1.54) is 32.1 Å². The highest BCUT2D eigenvalue weighted by molar-refractivity contribution is 5.87. The summed E-state index contributed by atoms with van der Waals surface area (Å²) < 4.78 is 1.67. The monoisotopic (exact) mass is 260 g/mol. The molecule has 5 rings (SSSR count). The van der Waals surface area contributed by atoms with Gasteiger partial charge in [-0.1, -0.05) is 0 Å². The average Bonchev–Trinajstić information content (AvgIpc) is 2.69. The Labute approximate surface area is 112 Å². The van der Waals surface area contributed by atoms with E-state index >= 15 is 0 Å². The molecule has 1 N–H and O–H groups in total. The summed E-state index contributed by atoms with van der Waals surface area (Å²) in [5, 5.41) is 9.43. The fourth-order valence-corrected chi connectivity index (χ4v) is 5.32. The maximum absolute atomic E-state index is 11.5. The Kier molecular flexibility index (Phi) is 2.32. The highest BCUT2D eigenvalue weighted by Crippen LogP contribution is 2.59. The molecule has 0 radical (unpaired) electrons. The van der Waals surface area contributed by atoms with Crippen LogP contribution >= 0.6 is 0 Å². The van der Waals surface area contributed by atoms with Crippen molar-refractivity contribution in [3.05, 3.63) is 17.7 Å². The van der Waals surface area contributed by atoms with Gasteiger partial charge < -0.3 is 9.67 Å². The van der Waals surface area contributed by atoms with Crippen LogP contribution in [0.3, 0.4) is 0 Å². The van der Waals surface area contributed by atoms with Gasteiger partial charge in [-0.25, -0.2) is 9.78 Å². The van der Waals surface area contributed by atoms with Crippen LogP contribution in [-0.4, -0.2) is 20.6 Å². The van der Waals surface area contributed by atoms with Gasteiger partial charge in [0.1, 0.15) is 5.69 Å². The topological polar surface area (TPSA) is 55.1 Å². The molecule has 19 heavy (non-hydrogen) atoms. The van der Waals surface area contributed by atoms with Gasteiger partial charge in [0.05, 0.1) is 12.0 Å². The summed E-state index contributed by atoms with van der Waals surface area (Å²) in [6.07, 6.45) is 8.29. The molecule has 4 aliphatic rings. The second-order valence-electron chi connectivity index (χ2n) is 6.85. The molecule has 0 atom stereocenters. The van der Waals surface area contributed by atoms with E-state index in [-0.39, 0.29) is 0 Å². The highest BCUT2D eigenvalue weighted by atomic mass is 16.4. The standard InChI is InChI=1S/C15H20N2O2/c1-17-7-16-13(14(17)15(18)19)12-10-3-8-2-9(5-10)6-11(12)4-8/h7-12H,2-6H2,1H3,(H,18,19). The smallest absolute Gasteiger partial charge is 0.354 e. The maximum Gasteiger partial charge on any atom is 0.354 e. The van der Waals surface area contributed by atoms with Crippen LogP contribution in [0.1, 0.15) is 54.2 Å². The zero-order valence-corrected chi connectivity index (χ0v) is 11.2. The van der Waals surface area contributed by atoms with E-state index in [0.29, 0.717) is 23.4 Å². The van der Waals surface area contributed by atoms with Crippen LogP contribution in [0.5, 0.6) is 0 Å². The number of aryl methyl sites for hydroxylation is 1. The van der Waals surface area contributed by atoms with Crippen LogP contribution in [0.2, 0.25) is 0 Å². The average molecular weight is 260 g/mol. The van der Waals surface area contributed by atoms with Gasteiger partial charge in [-0.05, 0) is 55.8 Å². The number of rotatable bonds is 2. The lowest BCUT2D eigenvalue weighted by Crippen LogP contribution is -2.44. The maximum atomic E-state index is 11.5. The van der Waals surface area contributed by atoms with Gasteiger partial charge in [0.2, 0.25) is 0 Å². The lowest BCUT2D eigenvalue weighted by atomic mass is 9.51. The summed E-state index contributed by atoms with van der Waals surface area (Å²) in [6.45, 7) is 0. The number of carbonyl (C=O) groups is 1. The van der Waals surface area contributed by atoms with Crippen LogP contribution in [0.25, 0.3) is 0 Å². The Balaban J connectivity index is 1.75. The van der Waals surface area contributed by atoms with E-state index in [1.54, 1.807) is 17.9 Å². The summed E-state index contributed by atoms with van der Waals surface area (Å²) in [6, 6.07) is 0. The Bertz CT molecular complexity index is 506. The van der Waals surface area contributed by atoms with E-state index in [0.717, 1.165) is 17.5 Å². The fourth-order valence-electron chi connectivity index (χ4n) is 5.32. The van der Waals surface area contributed by atoms with Crippen molar-refractivity contribution < 1.29 is 9.90 Å². The second-order valence-corrected chi connectivity index (χ2v) is 6.85. The Hall–Kier alpha value is -1.32. The minimum absolute atomic E-state index is 0.403. The third-order valence-electron chi connectivity index (χ3n) is 5.71. The first-order valence-corrected chi connectivity index (χ1v) is 7.38. The van der Waals surface area contributed by atoms with Crippen molar-refractivity contribution in [1.29, 1.82) is 0 Å². The summed E-state index contributed by atoms with van der Waals surface area (Å²) >= 11 is 0. The molecule has 0 aliphatic heterocycles. The molecule has 0 aromatic carbocycles. The summed E-state index contributed by atoms with van der Waals surface area (Å²) in [4.78, 5) is 15.9. The third-order valence-corrected chi connectivity index (χ3v) is 5.71. The van der Waals surface area contributed by atoms with Crippen LogP contribution in [0, 0.1) is 23.7 Å². The van der Waals surface area contributed by atoms with E-state index in [1.807, 2.05) is 0 Å². The predicted octanol–water partition coefficient (Wildman–Crippen LogP) is 2.66. The van der Waals surface area contributed by atoms with Crippen molar-refractivity contribution in [2.45, 2.75) is 38.0 Å². The van der Waals surface area contributed by atoms with Crippen molar-refractivity contribution in [2.75, 3.05) is 0 Å². The Morgan fingerprint density at radius 2 is 1.79 bits per heavy atom. The second kappa shape index (κ2) is 3.84. The normalized spacial score (nSPS) is 39.7. The molecule has 0 amide bonds. The lowest BCUT2D eigenvalue weighted by Gasteiger charge is -2.54. The van der Waals surface area contributed by atoms with Gasteiger partial charge in [0.15, 0.2) is 0 Å². The van der Waals surface area contributed by atoms with Crippen molar-refractivity contribution in [3.63, 3.8) is 0 Å². The molecular formula is C15H20N2O2. The first-order valence-electron chi connectivity index (χ1n) is 7.38. The molecular weight excluding hydrogens is 240 g/mol. The lowest BCUT2D eigenvalue weighted by molar-refractivity contribution is -0.00446. The summed E-state index contributed by atoms with van der Waals surface area (Å²) in [5.41, 5.74) is 1.28. The van der Waals surface area contributed by atoms with Gasteiger partial charge in [0.25, 0.3) is 0 Å². The molecule has 4 nitrogen and oxygen atoms in total. The summed E-state index contributed by atoms with van der Waals surface area (Å²) in [5.74, 6) is 2.77. The highest BCUT2D eigenvalue weighted by Gasteiger charge is 2.50. The van der Waals surface area contributed by atoms with Crippen molar-refractivity contribution in [2.24, 2.45) is 30.7 Å². The number of hydrogen-bond acceptors (Lipinski definition) is 2. The molecule has 102 valence electrons. The minimum Gasteiger partial charge on any atom is -0.477 e. The van der Waals surface area contributed by atoms with Crippen LogP contribution in [0.15, 0.2) is 6.33 Å². The SMILES string of the molecule is Cn1cnc(C2C3CC4CC(C3)CC2C4)c1C(=O)O. The third kappa shape index (κ3) is 1.58. The van der Waals surface area contributed by atoms with Gasteiger partial charge >= 0.3 is 5.97 Å². The molecule has 1 aromatic rings. The van der Waals surface area contributed by atoms with Gasteiger partial charge in [-0.2, -0.15) is 0 Å². The van der Waals surface area contributed by atoms with E-state index in [9.17, 15) is 9.90 Å². The summed E-state index contributed by atoms with van der Waals surface area (Å²) in [7, 11) is 1.79. The van der Waals surface area contributed by atoms with E-state index < -0.39 is 5.97 Å². The van der Waals surface area contributed by atoms with Gasteiger partial charge in [-0.3, -0.25) is 0 Å². The number of aromatic carboxylic acids is 1. The zero-order chi connectivity index (χ0) is 13.1. The molecule has 4 saturated carbocycles. The molecule has 4 bridgehead atoms. The number of hydrogen-bond donors (Lipinski definition) is 1. The van der Waals surface area contributed by atoms with Gasteiger partial charge in [-0.15, -0.1) is 0 Å². The number of carboxylic acids is 1. The van der Waals surface area contributed by atoms with Crippen LogP contribution < -0.4 is 0 Å².